The molecular formula is C48H41N. The third-order valence-corrected chi connectivity index (χ3v) is 11.1. The summed E-state index contributed by atoms with van der Waals surface area (Å²) < 4.78 is 0. The summed E-state index contributed by atoms with van der Waals surface area (Å²) in [6.45, 7) is 9.41. The normalized spacial score (nSPS) is 14.4. The van der Waals surface area contributed by atoms with Gasteiger partial charge in [0.25, 0.3) is 0 Å². The van der Waals surface area contributed by atoms with Crippen LogP contribution in [0.3, 0.4) is 0 Å². The minimum absolute atomic E-state index is 0. The fourth-order valence-corrected chi connectivity index (χ4v) is 8.50. The number of anilines is 3. The molecule has 0 saturated carbocycles. The lowest BCUT2D eigenvalue weighted by molar-refractivity contribution is 0.660. The van der Waals surface area contributed by atoms with E-state index < -0.39 is 0 Å². The van der Waals surface area contributed by atoms with Crippen LogP contribution in [-0.2, 0) is 10.8 Å². The van der Waals surface area contributed by atoms with Crippen LogP contribution in [0.2, 0.25) is 0 Å². The maximum absolute atomic E-state index is 2.41. The molecule has 1 heteroatoms. The second kappa shape index (κ2) is 10.9. The van der Waals surface area contributed by atoms with E-state index in [0.717, 1.165) is 17.1 Å². The van der Waals surface area contributed by atoms with Gasteiger partial charge in [-0.25, -0.2) is 0 Å². The van der Waals surface area contributed by atoms with Crippen LogP contribution in [0.4, 0.5) is 17.1 Å². The molecule has 9 rings (SSSR count). The second-order valence-electron chi connectivity index (χ2n) is 14.6. The van der Waals surface area contributed by atoms with E-state index >= 15 is 0 Å². The monoisotopic (exact) mass is 631 g/mol. The van der Waals surface area contributed by atoms with Crippen LogP contribution < -0.4 is 4.90 Å². The van der Waals surface area contributed by atoms with Crippen molar-refractivity contribution in [3.63, 3.8) is 0 Å². The van der Waals surface area contributed by atoms with Crippen molar-refractivity contribution in [2.24, 2.45) is 0 Å². The van der Waals surface area contributed by atoms with E-state index in [-0.39, 0.29) is 12.3 Å². The molecule has 0 amide bonds. The highest BCUT2D eigenvalue weighted by Crippen LogP contribution is 2.53. The van der Waals surface area contributed by atoms with Crippen LogP contribution in [-0.4, -0.2) is 0 Å². The fourth-order valence-electron chi connectivity index (χ4n) is 8.50. The van der Waals surface area contributed by atoms with Gasteiger partial charge in [-0.05, 0) is 103 Å². The summed E-state index contributed by atoms with van der Waals surface area (Å²) >= 11 is 0. The molecule has 0 spiro atoms. The predicted octanol–water partition coefficient (Wildman–Crippen LogP) is 13.3. The summed E-state index contributed by atoms with van der Waals surface area (Å²) in [5, 5.41) is 0. The quantitative estimate of drug-likeness (QED) is 0.183. The van der Waals surface area contributed by atoms with Crippen molar-refractivity contribution < 1.29 is 1.43 Å². The molecule has 1 nitrogen and oxygen atoms in total. The minimum Gasteiger partial charge on any atom is -0.310 e. The predicted molar refractivity (Wildman–Crippen MR) is 209 cm³/mol. The third kappa shape index (κ3) is 4.53. The highest BCUT2D eigenvalue weighted by Gasteiger charge is 2.37. The number of benzene rings is 7. The molecule has 0 N–H and O–H groups in total. The molecule has 0 unspecified atom stereocenters. The van der Waals surface area contributed by atoms with Gasteiger partial charge in [0.05, 0.1) is 0 Å². The van der Waals surface area contributed by atoms with Crippen molar-refractivity contribution in [2.75, 3.05) is 4.90 Å². The first kappa shape index (κ1) is 29.5. The Morgan fingerprint density at radius 2 is 0.816 bits per heavy atom. The fraction of sp³-hybridized carbons (Fsp3) is 0.125. The molecular weight excluding hydrogens is 591 g/mol. The molecule has 0 fully saturated rings. The zero-order valence-corrected chi connectivity index (χ0v) is 28.5. The van der Waals surface area contributed by atoms with E-state index in [2.05, 4.69) is 196 Å². The van der Waals surface area contributed by atoms with Crippen molar-refractivity contribution in [2.45, 2.75) is 38.5 Å². The maximum Gasteiger partial charge on any atom is 0.0465 e. The maximum atomic E-state index is 2.41. The first-order valence-corrected chi connectivity index (χ1v) is 17.4. The Labute approximate surface area is 291 Å². The van der Waals surface area contributed by atoms with Gasteiger partial charge in [0.1, 0.15) is 0 Å². The van der Waals surface area contributed by atoms with Crippen LogP contribution in [0.5, 0.6) is 0 Å². The molecule has 7 aromatic carbocycles. The summed E-state index contributed by atoms with van der Waals surface area (Å²) in [6, 6.07) is 60.4. The van der Waals surface area contributed by atoms with Crippen molar-refractivity contribution in [3.05, 3.63) is 186 Å². The van der Waals surface area contributed by atoms with Crippen LogP contribution in [0.15, 0.2) is 164 Å². The zero-order chi connectivity index (χ0) is 33.3. The van der Waals surface area contributed by atoms with Crippen molar-refractivity contribution in [1.29, 1.82) is 0 Å². The number of nitrogens with zero attached hydrogens (tertiary/aromatic N) is 1. The van der Waals surface area contributed by atoms with Gasteiger partial charge in [0, 0.05) is 29.3 Å². The molecule has 0 saturated heterocycles. The van der Waals surface area contributed by atoms with Crippen molar-refractivity contribution >= 4 is 17.1 Å². The first-order chi connectivity index (χ1) is 23.8. The smallest absolute Gasteiger partial charge is 0.0465 e. The molecule has 0 heterocycles. The van der Waals surface area contributed by atoms with E-state index in [1.807, 2.05) is 0 Å². The van der Waals surface area contributed by atoms with Crippen molar-refractivity contribution in [1.82, 2.24) is 0 Å². The number of hydrogen-bond donors (Lipinski definition) is 0. The Hall–Kier alpha value is -5.66. The lowest BCUT2D eigenvalue weighted by Gasteiger charge is -2.28. The average Bonchev–Trinajstić information content (AvgIpc) is 3.52. The summed E-state index contributed by atoms with van der Waals surface area (Å²) in [5.41, 5.74) is 19.3. The van der Waals surface area contributed by atoms with Gasteiger partial charge in [0.2, 0.25) is 0 Å². The Morgan fingerprint density at radius 1 is 0.347 bits per heavy atom. The van der Waals surface area contributed by atoms with Crippen LogP contribution in [0.25, 0.3) is 44.5 Å². The number of rotatable bonds is 5. The molecule has 2 aliphatic rings. The number of fused-ring (bicyclic) bond motifs is 6. The molecule has 0 aliphatic heterocycles. The molecule has 0 bridgehead atoms. The van der Waals surface area contributed by atoms with Crippen molar-refractivity contribution in [3.8, 4) is 44.5 Å². The van der Waals surface area contributed by atoms with Gasteiger partial charge in [-0.3, -0.25) is 0 Å². The van der Waals surface area contributed by atoms with Gasteiger partial charge in [-0.1, -0.05) is 155 Å². The SMILES string of the molecule is CC1(C)c2ccccc2-c2ccc(N(c3ccc(-c4ccccc4)cc3)c3ccc(-c4cccc5c4-c4ccccc4C5(C)C)cc3)cc21.[HH]. The van der Waals surface area contributed by atoms with E-state index in [1.54, 1.807) is 0 Å². The van der Waals surface area contributed by atoms with Gasteiger partial charge < -0.3 is 4.90 Å². The highest BCUT2D eigenvalue weighted by molar-refractivity contribution is 5.93. The molecule has 0 atom stereocenters. The topological polar surface area (TPSA) is 3.24 Å². The van der Waals surface area contributed by atoms with Gasteiger partial charge in [0.15, 0.2) is 0 Å². The Bertz CT molecular complexity index is 2370. The van der Waals surface area contributed by atoms with Crippen LogP contribution in [0, 0.1) is 0 Å². The van der Waals surface area contributed by atoms with Crippen LogP contribution >= 0.6 is 0 Å². The first-order valence-electron chi connectivity index (χ1n) is 17.4. The molecule has 238 valence electrons. The molecule has 0 aromatic heterocycles. The lowest BCUT2D eigenvalue weighted by atomic mass is 9.82. The molecule has 0 radical (unpaired) electrons. The van der Waals surface area contributed by atoms with E-state index in [0.29, 0.717) is 0 Å². The Morgan fingerprint density at radius 3 is 1.51 bits per heavy atom. The summed E-state index contributed by atoms with van der Waals surface area (Å²) in [4.78, 5) is 2.41. The summed E-state index contributed by atoms with van der Waals surface area (Å²) in [6.07, 6.45) is 0. The zero-order valence-electron chi connectivity index (χ0n) is 28.5. The van der Waals surface area contributed by atoms with Gasteiger partial charge in [-0.2, -0.15) is 0 Å². The van der Waals surface area contributed by atoms with E-state index in [4.69, 9.17) is 0 Å². The van der Waals surface area contributed by atoms with E-state index in [9.17, 15) is 0 Å². The largest absolute Gasteiger partial charge is 0.310 e. The molecule has 2 aliphatic carbocycles. The third-order valence-electron chi connectivity index (χ3n) is 11.1. The molecule has 7 aromatic rings. The Balaban J connectivity index is 0.00000361. The Kier molecular flexibility index (Phi) is 6.58. The van der Waals surface area contributed by atoms with E-state index in [1.165, 1.54) is 66.8 Å². The molecule has 49 heavy (non-hydrogen) atoms. The van der Waals surface area contributed by atoms with Crippen LogP contribution in [0.1, 0.15) is 51.4 Å². The average molecular weight is 632 g/mol. The standard InChI is InChI=1S/C48H39N.H2/c1-47(2)43-19-11-9-16-41(43)46-38(17-12-20-44(46)47)34-23-27-36(28-24-34)49(35-25-21-33(22-26-35)32-13-6-5-7-14-32)37-29-30-40-39-15-8-10-18-42(39)48(3,4)45(40)31-37;/h5-31H,1-4H3;1H. The lowest BCUT2D eigenvalue weighted by Crippen LogP contribution is -2.16. The van der Waals surface area contributed by atoms with Gasteiger partial charge in [-0.15, -0.1) is 0 Å². The summed E-state index contributed by atoms with van der Waals surface area (Å²) in [5.74, 6) is 0. The summed E-state index contributed by atoms with van der Waals surface area (Å²) in [7, 11) is 0. The number of hydrogen-bond acceptors (Lipinski definition) is 1. The highest BCUT2D eigenvalue weighted by atomic mass is 15.1. The minimum atomic E-state index is -0.0770. The second-order valence-corrected chi connectivity index (χ2v) is 14.6. The van der Waals surface area contributed by atoms with Gasteiger partial charge >= 0.3 is 0 Å².